The van der Waals surface area contributed by atoms with Gasteiger partial charge in [0.2, 0.25) is 0 Å². The fourth-order valence-corrected chi connectivity index (χ4v) is 3.05. The molecule has 2 heterocycles. The Morgan fingerprint density at radius 3 is 2.43 bits per heavy atom. The lowest BCUT2D eigenvalue weighted by atomic mass is 10.0. The molecule has 5 heteroatoms. The van der Waals surface area contributed by atoms with Crippen molar-refractivity contribution in [2.75, 3.05) is 0 Å². The highest BCUT2D eigenvalue weighted by molar-refractivity contribution is 5.69. The number of nitrogens with zero attached hydrogens (tertiary/aromatic N) is 4. The predicted octanol–water partition coefficient (Wildman–Crippen LogP) is 4.69. The molecular weight excluding hydrogens is 348 g/mol. The number of benzene rings is 2. The van der Waals surface area contributed by atoms with Gasteiger partial charge in [-0.2, -0.15) is 10.4 Å². The Hall–Kier alpha value is -3.91. The quantitative estimate of drug-likeness (QED) is 0.514. The zero-order chi connectivity index (χ0) is 19.3. The number of aromatic nitrogens is 3. The van der Waals surface area contributed by atoms with Crippen LogP contribution in [0.4, 0.5) is 0 Å². The van der Waals surface area contributed by atoms with Crippen LogP contribution in [-0.4, -0.2) is 14.8 Å². The zero-order valence-electron chi connectivity index (χ0n) is 15.4. The molecule has 0 amide bonds. The number of para-hydroxylation sites is 1. The molecule has 0 radical (unpaired) electrons. The molecule has 0 spiro atoms. The SMILES string of the molecule is Cc1c(-c2cnn(-c3ccccc3)c2)cnc(C#N)c1OCc1ccccc1. The standard InChI is InChI=1S/C23H18N4O/c1-17-21(19-13-26-27(15-19)20-10-6-3-7-11-20)14-25-22(12-24)23(17)28-16-18-8-4-2-5-9-18/h2-11,13-15H,16H2,1H3. The summed E-state index contributed by atoms with van der Waals surface area (Å²) >= 11 is 0. The van der Waals surface area contributed by atoms with Crippen molar-refractivity contribution in [3.8, 4) is 28.6 Å². The van der Waals surface area contributed by atoms with E-state index in [0.717, 1.165) is 27.9 Å². The molecule has 0 saturated carbocycles. The summed E-state index contributed by atoms with van der Waals surface area (Å²) in [6.07, 6.45) is 5.45. The predicted molar refractivity (Wildman–Crippen MR) is 107 cm³/mol. The number of pyridine rings is 1. The summed E-state index contributed by atoms with van der Waals surface area (Å²) in [6, 6.07) is 21.9. The van der Waals surface area contributed by atoms with Gasteiger partial charge in [-0.3, -0.25) is 0 Å². The van der Waals surface area contributed by atoms with Crippen molar-refractivity contribution in [1.29, 1.82) is 5.26 Å². The van der Waals surface area contributed by atoms with Crippen molar-refractivity contribution in [1.82, 2.24) is 14.8 Å². The van der Waals surface area contributed by atoms with Crippen LogP contribution in [0.1, 0.15) is 16.8 Å². The van der Waals surface area contributed by atoms with Gasteiger partial charge in [0.25, 0.3) is 0 Å². The molecule has 0 N–H and O–H groups in total. The molecule has 136 valence electrons. The van der Waals surface area contributed by atoms with Crippen molar-refractivity contribution in [3.05, 3.63) is 96.1 Å². The van der Waals surface area contributed by atoms with E-state index < -0.39 is 0 Å². The molecule has 0 aliphatic heterocycles. The second-order valence-corrected chi connectivity index (χ2v) is 6.37. The molecule has 0 saturated heterocycles. The first kappa shape index (κ1) is 17.5. The van der Waals surface area contributed by atoms with E-state index in [1.807, 2.05) is 78.5 Å². The summed E-state index contributed by atoms with van der Waals surface area (Å²) in [6.45, 7) is 2.32. The molecule has 0 bridgehead atoms. The third kappa shape index (κ3) is 3.49. The highest BCUT2D eigenvalue weighted by atomic mass is 16.5. The summed E-state index contributed by atoms with van der Waals surface area (Å²) in [7, 11) is 0. The summed E-state index contributed by atoms with van der Waals surface area (Å²) in [5, 5.41) is 13.9. The van der Waals surface area contributed by atoms with Crippen molar-refractivity contribution < 1.29 is 4.74 Å². The van der Waals surface area contributed by atoms with E-state index in [0.29, 0.717) is 12.4 Å². The van der Waals surface area contributed by atoms with Gasteiger partial charge in [0.05, 0.1) is 11.9 Å². The minimum Gasteiger partial charge on any atom is -0.486 e. The largest absolute Gasteiger partial charge is 0.486 e. The second-order valence-electron chi connectivity index (χ2n) is 6.37. The topological polar surface area (TPSA) is 63.7 Å². The van der Waals surface area contributed by atoms with Gasteiger partial charge >= 0.3 is 0 Å². The molecule has 28 heavy (non-hydrogen) atoms. The van der Waals surface area contributed by atoms with E-state index in [2.05, 4.69) is 16.2 Å². The van der Waals surface area contributed by atoms with Gasteiger partial charge in [0.15, 0.2) is 11.4 Å². The Morgan fingerprint density at radius 1 is 1.00 bits per heavy atom. The molecule has 0 aliphatic rings. The number of hydrogen-bond donors (Lipinski definition) is 0. The fourth-order valence-electron chi connectivity index (χ4n) is 3.05. The van der Waals surface area contributed by atoms with Crippen LogP contribution in [0.25, 0.3) is 16.8 Å². The fraction of sp³-hybridized carbons (Fsp3) is 0.0870. The highest BCUT2D eigenvalue weighted by Crippen LogP contribution is 2.32. The normalized spacial score (nSPS) is 10.4. The van der Waals surface area contributed by atoms with Crippen LogP contribution in [0, 0.1) is 18.3 Å². The molecule has 2 aromatic heterocycles. The minimum atomic E-state index is 0.285. The van der Waals surface area contributed by atoms with E-state index in [4.69, 9.17) is 4.74 Å². The maximum absolute atomic E-state index is 9.45. The van der Waals surface area contributed by atoms with Crippen LogP contribution < -0.4 is 4.74 Å². The first-order chi connectivity index (χ1) is 13.8. The van der Waals surface area contributed by atoms with Gasteiger partial charge in [-0.15, -0.1) is 0 Å². The number of rotatable bonds is 5. The van der Waals surface area contributed by atoms with Crippen LogP contribution in [0.15, 0.2) is 79.3 Å². The van der Waals surface area contributed by atoms with E-state index in [1.165, 1.54) is 0 Å². The van der Waals surface area contributed by atoms with Crippen molar-refractivity contribution in [3.63, 3.8) is 0 Å². The summed E-state index contributed by atoms with van der Waals surface area (Å²) in [4.78, 5) is 4.31. The first-order valence-electron chi connectivity index (χ1n) is 8.93. The highest BCUT2D eigenvalue weighted by Gasteiger charge is 2.16. The Kier molecular flexibility index (Phi) is 4.85. The van der Waals surface area contributed by atoms with Gasteiger partial charge in [0, 0.05) is 29.1 Å². The summed E-state index contributed by atoms with van der Waals surface area (Å²) in [5.41, 5.74) is 4.98. The monoisotopic (exact) mass is 366 g/mol. The maximum Gasteiger partial charge on any atom is 0.182 e. The number of ether oxygens (including phenoxy) is 1. The van der Waals surface area contributed by atoms with Gasteiger partial charge < -0.3 is 4.74 Å². The van der Waals surface area contributed by atoms with Crippen LogP contribution in [-0.2, 0) is 6.61 Å². The third-order valence-corrected chi connectivity index (χ3v) is 4.53. The smallest absolute Gasteiger partial charge is 0.182 e. The van der Waals surface area contributed by atoms with Crippen molar-refractivity contribution >= 4 is 0 Å². The summed E-state index contributed by atoms with van der Waals surface area (Å²) in [5.74, 6) is 0.510. The zero-order valence-corrected chi connectivity index (χ0v) is 15.4. The molecule has 0 aliphatic carbocycles. The van der Waals surface area contributed by atoms with Crippen LogP contribution in [0.5, 0.6) is 5.75 Å². The number of nitriles is 1. The van der Waals surface area contributed by atoms with Crippen LogP contribution >= 0.6 is 0 Å². The van der Waals surface area contributed by atoms with Gasteiger partial charge in [-0.1, -0.05) is 48.5 Å². The lowest BCUT2D eigenvalue weighted by molar-refractivity contribution is 0.302. The molecule has 4 aromatic rings. The van der Waals surface area contributed by atoms with Gasteiger partial charge in [0.1, 0.15) is 12.7 Å². The first-order valence-corrected chi connectivity index (χ1v) is 8.93. The Bertz CT molecular complexity index is 1130. The second kappa shape index (κ2) is 7.77. The van der Waals surface area contributed by atoms with Crippen molar-refractivity contribution in [2.24, 2.45) is 0 Å². The molecular formula is C23H18N4O. The molecule has 0 fully saturated rings. The van der Waals surface area contributed by atoms with Crippen LogP contribution in [0.3, 0.4) is 0 Å². The van der Waals surface area contributed by atoms with E-state index in [9.17, 15) is 5.26 Å². The maximum atomic E-state index is 9.45. The number of hydrogen-bond acceptors (Lipinski definition) is 4. The van der Waals surface area contributed by atoms with Gasteiger partial charge in [-0.05, 0) is 24.6 Å². The van der Waals surface area contributed by atoms with Crippen molar-refractivity contribution in [2.45, 2.75) is 13.5 Å². The lowest BCUT2D eigenvalue weighted by Crippen LogP contribution is -2.02. The van der Waals surface area contributed by atoms with E-state index >= 15 is 0 Å². The Morgan fingerprint density at radius 2 is 1.71 bits per heavy atom. The van der Waals surface area contributed by atoms with E-state index in [-0.39, 0.29) is 5.69 Å². The minimum absolute atomic E-state index is 0.285. The Labute approximate surface area is 163 Å². The average Bonchev–Trinajstić information content (AvgIpc) is 3.24. The summed E-state index contributed by atoms with van der Waals surface area (Å²) < 4.78 is 7.80. The average molecular weight is 366 g/mol. The van der Waals surface area contributed by atoms with E-state index in [1.54, 1.807) is 12.4 Å². The van der Waals surface area contributed by atoms with Crippen LogP contribution in [0.2, 0.25) is 0 Å². The molecule has 0 unspecified atom stereocenters. The molecule has 2 aromatic carbocycles. The molecule has 4 rings (SSSR count). The van der Waals surface area contributed by atoms with Gasteiger partial charge in [-0.25, -0.2) is 9.67 Å². The third-order valence-electron chi connectivity index (χ3n) is 4.53. The molecule has 5 nitrogen and oxygen atoms in total. The Balaban J connectivity index is 1.67. The molecule has 0 atom stereocenters. The lowest BCUT2D eigenvalue weighted by Gasteiger charge is -2.13.